The number of oxazole rings is 1. The van der Waals surface area contributed by atoms with Gasteiger partial charge in [0, 0.05) is 27.4 Å². The minimum Gasteiger partial charge on any atom is -0.497 e. The normalized spacial score (nSPS) is 11.1. The van der Waals surface area contributed by atoms with Crippen LogP contribution >= 0.6 is 15.9 Å². The van der Waals surface area contributed by atoms with Crippen LogP contribution in [-0.2, 0) is 4.79 Å². The number of rotatable bonds is 6. The number of hydrogen-bond donors (Lipinski definition) is 1. The average molecular weight is 479 g/mol. The monoisotopic (exact) mass is 478 g/mol. The van der Waals surface area contributed by atoms with Gasteiger partial charge >= 0.3 is 0 Å². The van der Waals surface area contributed by atoms with Crippen LogP contribution in [0, 0.1) is 0 Å². The van der Waals surface area contributed by atoms with Gasteiger partial charge in [0.15, 0.2) is 5.58 Å². The fourth-order valence-corrected chi connectivity index (χ4v) is 3.43. The number of amides is 1. The van der Waals surface area contributed by atoms with Gasteiger partial charge in [0.2, 0.25) is 11.8 Å². The Bertz CT molecular complexity index is 1260. The van der Waals surface area contributed by atoms with Crippen molar-refractivity contribution < 1.29 is 18.7 Å². The topological polar surface area (TPSA) is 73.6 Å². The Morgan fingerprint density at radius 3 is 2.58 bits per heavy atom. The highest BCUT2D eigenvalue weighted by Crippen LogP contribution is 2.28. The summed E-state index contributed by atoms with van der Waals surface area (Å²) in [5.74, 6) is 1.68. The van der Waals surface area contributed by atoms with E-state index in [2.05, 4.69) is 26.2 Å². The first-order valence-corrected chi connectivity index (χ1v) is 10.2. The van der Waals surface area contributed by atoms with Gasteiger partial charge in [-0.25, -0.2) is 4.98 Å². The lowest BCUT2D eigenvalue weighted by Gasteiger charge is -2.05. The molecular weight excluding hydrogens is 460 g/mol. The second-order valence-corrected chi connectivity index (χ2v) is 7.55. The van der Waals surface area contributed by atoms with Crippen LogP contribution in [0.15, 0.2) is 75.6 Å². The third kappa shape index (κ3) is 4.78. The third-order valence-electron chi connectivity index (χ3n) is 4.60. The van der Waals surface area contributed by atoms with Crippen LogP contribution in [0.3, 0.4) is 0 Å². The maximum atomic E-state index is 12.4. The molecule has 0 bridgehead atoms. The van der Waals surface area contributed by atoms with Gasteiger partial charge in [-0.2, -0.15) is 0 Å². The van der Waals surface area contributed by atoms with Crippen molar-refractivity contribution in [3.63, 3.8) is 0 Å². The molecule has 4 aromatic rings. The average Bonchev–Trinajstić information content (AvgIpc) is 3.21. The van der Waals surface area contributed by atoms with E-state index in [4.69, 9.17) is 13.9 Å². The number of carbonyl (C=O) groups is 1. The lowest BCUT2D eigenvalue weighted by molar-refractivity contribution is -0.111. The van der Waals surface area contributed by atoms with E-state index >= 15 is 0 Å². The molecule has 31 heavy (non-hydrogen) atoms. The number of carbonyl (C=O) groups excluding carboxylic acids is 1. The Morgan fingerprint density at radius 2 is 1.84 bits per heavy atom. The summed E-state index contributed by atoms with van der Waals surface area (Å²) >= 11 is 3.42. The fraction of sp³-hybridized carbons (Fsp3) is 0.0833. The molecule has 1 aromatic heterocycles. The van der Waals surface area contributed by atoms with Gasteiger partial charge < -0.3 is 19.2 Å². The fourth-order valence-electron chi connectivity index (χ4n) is 3.05. The zero-order valence-corrected chi connectivity index (χ0v) is 18.5. The van der Waals surface area contributed by atoms with Gasteiger partial charge in [0.1, 0.15) is 17.0 Å². The lowest BCUT2D eigenvalue weighted by Crippen LogP contribution is -2.07. The number of benzene rings is 3. The van der Waals surface area contributed by atoms with E-state index in [0.717, 1.165) is 21.3 Å². The molecular formula is C24H19BrN2O4. The highest BCUT2D eigenvalue weighted by atomic mass is 79.9. The van der Waals surface area contributed by atoms with Crippen LogP contribution in [0.4, 0.5) is 5.69 Å². The highest BCUT2D eigenvalue weighted by molar-refractivity contribution is 9.10. The Balaban J connectivity index is 1.51. The number of aromatic nitrogens is 1. The molecule has 0 saturated heterocycles. The van der Waals surface area contributed by atoms with E-state index in [0.29, 0.717) is 28.4 Å². The summed E-state index contributed by atoms with van der Waals surface area (Å²) in [4.78, 5) is 16.9. The number of anilines is 1. The summed E-state index contributed by atoms with van der Waals surface area (Å²) in [6.07, 6.45) is 3.16. The predicted octanol–water partition coefficient (Wildman–Crippen LogP) is 5.93. The molecule has 0 unspecified atom stereocenters. The van der Waals surface area contributed by atoms with E-state index in [1.54, 1.807) is 38.5 Å². The number of fused-ring (bicyclic) bond motifs is 1. The third-order valence-corrected chi connectivity index (χ3v) is 5.09. The standard InChI is InChI=1S/C24H19BrN2O4/c1-29-19-8-3-15(4-9-19)24-27-20-14-18(7-11-22(20)31-24)26-23(28)12-5-16-13-17(25)6-10-21(16)30-2/h3-14H,1-2H3,(H,26,28)/b12-5+. The Morgan fingerprint density at radius 1 is 1.03 bits per heavy atom. The Hall–Kier alpha value is -3.58. The zero-order chi connectivity index (χ0) is 21.8. The van der Waals surface area contributed by atoms with Crippen LogP contribution in [0.25, 0.3) is 28.6 Å². The van der Waals surface area contributed by atoms with E-state index in [1.165, 1.54) is 6.08 Å². The first-order chi connectivity index (χ1) is 15.1. The lowest BCUT2D eigenvalue weighted by atomic mass is 10.2. The molecule has 0 saturated carbocycles. The first kappa shape index (κ1) is 20.7. The number of nitrogens with one attached hydrogen (secondary N) is 1. The summed E-state index contributed by atoms with van der Waals surface area (Å²) < 4.78 is 17.2. The molecule has 0 aliphatic carbocycles. The van der Waals surface area contributed by atoms with Gasteiger partial charge in [0.25, 0.3) is 0 Å². The maximum Gasteiger partial charge on any atom is 0.248 e. The molecule has 0 radical (unpaired) electrons. The molecule has 3 aromatic carbocycles. The molecule has 1 heterocycles. The molecule has 0 fully saturated rings. The molecule has 6 nitrogen and oxygen atoms in total. The van der Waals surface area contributed by atoms with Gasteiger partial charge in [-0.15, -0.1) is 0 Å². The van der Waals surface area contributed by atoms with Crippen LogP contribution in [0.1, 0.15) is 5.56 Å². The smallest absolute Gasteiger partial charge is 0.248 e. The van der Waals surface area contributed by atoms with Crippen molar-refractivity contribution in [3.8, 4) is 23.0 Å². The van der Waals surface area contributed by atoms with E-state index < -0.39 is 0 Å². The SMILES string of the molecule is COc1ccc(-c2nc3cc(NC(=O)/C=C/c4cc(Br)ccc4OC)ccc3o2)cc1. The first-order valence-electron chi connectivity index (χ1n) is 9.43. The van der Waals surface area contributed by atoms with Gasteiger partial charge in [0.05, 0.1) is 14.2 Å². The van der Waals surface area contributed by atoms with Crippen LogP contribution in [-0.4, -0.2) is 25.1 Å². The van der Waals surface area contributed by atoms with Crippen LogP contribution in [0.2, 0.25) is 0 Å². The maximum absolute atomic E-state index is 12.4. The van der Waals surface area contributed by atoms with Gasteiger partial charge in [-0.3, -0.25) is 4.79 Å². The van der Waals surface area contributed by atoms with E-state index in [1.807, 2.05) is 42.5 Å². The summed E-state index contributed by atoms with van der Waals surface area (Å²) in [5, 5.41) is 2.84. The summed E-state index contributed by atoms with van der Waals surface area (Å²) in [5.41, 5.74) is 3.55. The molecule has 0 aliphatic heterocycles. The molecule has 0 aliphatic rings. The molecule has 1 N–H and O–H groups in total. The minimum atomic E-state index is -0.264. The van der Waals surface area contributed by atoms with Crippen molar-refractivity contribution in [1.29, 1.82) is 0 Å². The second-order valence-electron chi connectivity index (χ2n) is 6.64. The Kier molecular flexibility index (Phi) is 6.04. The van der Waals surface area contributed by atoms with E-state index in [9.17, 15) is 4.79 Å². The number of hydrogen-bond acceptors (Lipinski definition) is 5. The van der Waals surface area contributed by atoms with Crippen molar-refractivity contribution in [2.45, 2.75) is 0 Å². The molecule has 7 heteroatoms. The molecule has 0 spiro atoms. The predicted molar refractivity (Wildman–Crippen MR) is 124 cm³/mol. The number of halogens is 1. The quantitative estimate of drug-likeness (QED) is 0.347. The van der Waals surface area contributed by atoms with Crippen molar-refractivity contribution in [3.05, 3.63) is 76.8 Å². The molecule has 0 atom stereocenters. The van der Waals surface area contributed by atoms with Crippen molar-refractivity contribution in [2.75, 3.05) is 19.5 Å². The van der Waals surface area contributed by atoms with Crippen LogP contribution in [0.5, 0.6) is 11.5 Å². The summed E-state index contributed by atoms with van der Waals surface area (Å²) in [7, 11) is 3.21. The molecule has 4 rings (SSSR count). The van der Waals surface area contributed by atoms with Crippen molar-refractivity contribution in [2.24, 2.45) is 0 Å². The van der Waals surface area contributed by atoms with Crippen molar-refractivity contribution in [1.82, 2.24) is 4.98 Å². The van der Waals surface area contributed by atoms with Gasteiger partial charge in [-0.1, -0.05) is 15.9 Å². The molecule has 1 amide bonds. The Labute approximate surface area is 187 Å². The number of methoxy groups -OCH3 is 2. The number of ether oxygens (including phenoxy) is 2. The van der Waals surface area contributed by atoms with Crippen LogP contribution < -0.4 is 14.8 Å². The van der Waals surface area contributed by atoms with Crippen molar-refractivity contribution >= 4 is 44.7 Å². The second kappa shape index (κ2) is 9.06. The largest absolute Gasteiger partial charge is 0.497 e. The highest BCUT2D eigenvalue weighted by Gasteiger charge is 2.10. The van der Waals surface area contributed by atoms with Gasteiger partial charge in [-0.05, 0) is 66.7 Å². The summed E-state index contributed by atoms with van der Waals surface area (Å²) in [6, 6.07) is 18.4. The van der Waals surface area contributed by atoms with E-state index in [-0.39, 0.29) is 5.91 Å². The number of nitrogens with zero attached hydrogens (tertiary/aromatic N) is 1. The summed E-state index contributed by atoms with van der Waals surface area (Å²) in [6.45, 7) is 0. The zero-order valence-electron chi connectivity index (χ0n) is 16.9. The minimum absolute atomic E-state index is 0.264. The molecule has 156 valence electrons.